The summed E-state index contributed by atoms with van der Waals surface area (Å²) < 4.78 is 5.21. The second-order valence-corrected chi connectivity index (χ2v) is 4.95. The van der Waals surface area contributed by atoms with E-state index in [9.17, 15) is 4.79 Å². The molecule has 2 fully saturated rings. The normalized spacial score (nSPS) is 28.0. The van der Waals surface area contributed by atoms with Gasteiger partial charge in [-0.1, -0.05) is 0 Å². The van der Waals surface area contributed by atoms with Crippen molar-refractivity contribution >= 4 is 18.3 Å². The zero-order chi connectivity index (χ0) is 10.9. The maximum absolute atomic E-state index is 11.9. The molecule has 1 aliphatic carbocycles. The van der Waals surface area contributed by atoms with Gasteiger partial charge in [0.25, 0.3) is 0 Å². The molecule has 2 aliphatic rings. The quantitative estimate of drug-likeness (QED) is 0.770. The van der Waals surface area contributed by atoms with Gasteiger partial charge in [0.2, 0.25) is 5.91 Å². The molecule has 1 aliphatic heterocycles. The van der Waals surface area contributed by atoms with Crippen LogP contribution in [-0.4, -0.2) is 31.2 Å². The number of halogens is 1. The lowest BCUT2D eigenvalue weighted by atomic mass is 9.94. The number of ether oxygens (including phenoxy) is 1. The Labute approximate surface area is 103 Å². The van der Waals surface area contributed by atoms with Crippen LogP contribution in [0.15, 0.2) is 0 Å². The number of hydrogen-bond acceptors (Lipinski definition) is 3. The number of amides is 1. The van der Waals surface area contributed by atoms with Crippen LogP contribution < -0.4 is 11.1 Å². The van der Waals surface area contributed by atoms with E-state index in [-0.39, 0.29) is 29.8 Å². The van der Waals surface area contributed by atoms with Gasteiger partial charge in [-0.15, -0.1) is 12.4 Å². The molecule has 2 rings (SSSR count). The van der Waals surface area contributed by atoms with E-state index in [1.165, 1.54) is 12.8 Å². The molecule has 0 aromatic heterocycles. The van der Waals surface area contributed by atoms with E-state index < -0.39 is 0 Å². The predicted octanol–water partition coefficient (Wildman–Crippen LogP) is 0.688. The maximum atomic E-state index is 11.9. The third kappa shape index (κ3) is 2.87. The van der Waals surface area contributed by atoms with E-state index in [0.717, 1.165) is 6.42 Å². The fourth-order valence-corrected chi connectivity index (χ4v) is 2.17. The SMILES string of the molecule is CC(CN)(NC(=O)C1CCOC1)C1CC1.Cl. The van der Waals surface area contributed by atoms with Crippen LogP contribution in [0.25, 0.3) is 0 Å². The van der Waals surface area contributed by atoms with Crippen LogP contribution in [0.3, 0.4) is 0 Å². The van der Waals surface area contributed by atoms with Crippen LogP contribution >= 0.6 is 12.4 Å². The van der Waals surface area contributed by atoms with Crippen molar-refractivity contribution in [1.82, 2.24) is 5.32 Å². The molecule has 4 nitrogen and oxygen atoms in total. The van der Waals surface area contributed by atoms with Gasteiger partial charge in [-0.05, 0) is 32.1 Å². The van der Waals surface area contributed by atoms with Crippen molar-refractivity contribution < 1.29 is 9.53 Å². The molecule has 2 unspecified atom stereocenters. The first-order valence-corrected chi connectivity index (χ1v) is 5.75. The Morgan fingerprint density at radius 1 is 1.50 bits per heavy atom. The predicted molar refractivity (Wildman–Crippen MR) is 64.5 cm³/mol. The lowest BCUT2D eigenvalue weighted by molar-refractivity contribution is -0.126. The highest BCUT2D eigenvalue weighted by molar-refractivity contribution is 5.85. The van der Waals surface area contributed by atoms with Crippen molar-refractivity contribution in [3.63, 3.8) is 0 Å². The highest BCUT2D eigenvalue weighted by Crippen LogP contribution is 2.39. The minimum Gasteiger partial charge on any atom is -0.381 e. The van der Waals surface area contributed by atoms with E-state index in [1.807, 2.05) is 0 Å². The summed E-state index contributed by atoms with van der Waals surface area (Å²) in [6.07, 6.45) is 3.22. The molecule has 0 bridgehead atoms. The first-order valence-electron chi connectivity index (χ1n) is 5.75. The molecule has 5 heteroatoms. The summed E-state index contributed by atoms with van der Waals surface area (Å²) in [5.74, 6) is 0.732. The summed E-state index contributed by atoms with van der Waals surface area (Å²) in [4.78, 5) is 11.9. The average molecular weight is 249 g/mol. The van der Waals surface area contributed by atoms with Gasteiger partial charge in [0.05, 0.1) is 18.1 Å². The number of hydrogen-bond donors (Lipinski definition) is 2. The van der Waals surface area contributed by atoms with Crippen LogP contribution in [0, 0.1) is 11.8 Å². The zero-order valence-corrected chi connectivity index (χ0v) is 10.5. The Bertz CT molecular complexity index is 252. The first kappa shape index (κ1) is 13.7. The van der Waals surface area contributed by atoms with Gasteiger partial charge in [-0.25, -0.2) is 0 Å². The van der Waals surface area contributed by atoms with Crippen molar-refractivity contribution in [1.29, 1.82) is 0 Å². The Balaban J connectivity index is 0.00000128. The molecule has 1 amide bonds. The van der Waals surface area contributed by atoms with Crippen molar-refractivity contribution in [2.24, 2.45) is 17.6 Å². The molecular formula is C11H21ClN2O2. The van der Waals surface area contributed by atoms with Crippen LogP contribution in [0.2, 0.25) is 0 Å². The smallest absolute Gasteiger partial charge is 0.226 e. The van der Waals surface area contributed by atoms with Gasteiger partial charge >= 0.3 is 0 Å². The van der Waals surface area contributed by atoms with E-state index >= 15 is 0 Å². The molecule has 1 heterocycles. The van der Waals surface area contributed by atoms with Crippen molar-refractivity contribution in [2.45, 2.75) is 31.7 Å². The first-order chi connectivity index (χ1) is 7.15. The molecule has 16 heavy (non-hydrogen) atoms. The van der Waals surface area contributed by atoms with Gasteiger partial charge in [-0.2, -0.15) is 0 Å². The number of carbonyl (C=O) groups is 1. The van der Waals surface area contributed by atoms with Gasteiger partial charge in [0, 0.05) is 13.2 Å². The largest absolute Gasteiger partial charge is 0.381 e. The Hall–Kier alpha value is -0.320. The summed E-state index contributed by atoms with van der Waals surface area (Å²) in [6, 6.07) is 0. The van der Waals surface area contributed by atoms with Crippen molar-refractivity contribution in [2.75, 3.05) is 19.8 Å². The number of nitrogens with two attached hydrogens (primary N) is 1. The fourth-order valence-electron chi connectivity index (χ4n) is 2.17. The second kappa shape index (κ2) is 5.34. The third-order valence-electron chi connectivity index (χ3n) is 3.61. The number of rotatable bonds is 4. The average Bonchev–Trinajstić information content (AvgIpc) is 2.94. The zero-order valence-electron chi connectivity index (χ0n) is 9.70. The van der Waals surface area contributed by atoms with Crippen LogP contribution in [-0.2, 0) is 9.53 Å². The number of carbonyl (C=O) groups excluding carboxylic acids is 1. The van der Waals surface area contributed by atoms with E-state index in [4.69, 9.17) is 10.5 Å². The van der Waals surface area contributed by atoms with Crippen LogP contribution in [0.4, 0.5) is 0 Å². The molecule has 0 spiro atoms. The molecule has 1 saturated carbocycles. The topological polar surface area (TPSA) is 64.3 Å². The van der Waals surface area contributed by atoms with E-state index in [1.54, 1.807) is 0 Å². The minimum atomic E-state index is -0.195. The van der Waals surface area contributed by atoms with Crippen molar-refractivity contribution in [3.8, 4) is 0 Å². The van der Waals surface area contributed by atoms with E-state index in [0.29, 0.717) is 25.7 Å². The lowest BCUT2D eigenvalue weighted by Gasteiger charge is -2.30. The monoisotopic (exact) mass is 248 g/mol. The third-order valence-corrected chi connectivity index (χ3v) is 3.61. The molecule has 0 aromatic carbocycles. The van der Waals surface area contributed by atoms with Gasteiger partial charge in [0.15, 0.2) is 0 Å². The molecule has 2 atom stereocenters. The molecule has 0 aromatic rings. The highest BCUT2D eigenvalue weighted by Gasteiger charge is 2.42. The van der Waals surface area contributed by atoms with Crippen LogP contribution in [0.5, 0.6) is 0 Å². The maximum Gasteiger partial charge on any atom is 0.226 e. The molecule has 94 valence electrons. The molecule has 3 N–H and O–H groups in total. The fraction of sp³-hybridized carbons (Fsp3) is 0.909. The summed E-state index contributed by atoms with van der Waals surface area (Å²) in [5, 5.41) is 3.10. The van der Waals surface area contributed by atoms with Gasteiger partial charge in [-0.3, -0.25) is 4.79 Å². The minimum absolute atomic E-state index is 0. The Kier molecular flexibility index (Phi) is 4.59. The summed E-state index contributed by atoms with van der Waals surface area (Å²) in [5.41, 5.74) is 5.55. The van der Waals surface area contributed by atoms with Crippen LogP contribution in [0.1, 0.15) is 26.2 Å². The van der Waals surface area contributed by atoms with Gasteiger partial charge in [0.1, 0.15) is 0 Å². The van der Waals surface area contributed by atoms with Gasteiger partial charge < -0.3 is 15.8 Å². The number of nitrogens with one attached hydrogen (secondary N) is 1. The summed E-state index contributed by atoms with van der Waals surface area (Å²) in [6.45, 7) is 3.85. The molecule has 0 radical (unpaired) electrons. The second-order valence-electron chi connectivity index (χ2n) is 4.95. The summed E-state index contributed by atoms with van der Waals surface area (Å²) >= 11 is 0. The highest BCUT2D eigenvalue weighted by atomic mass is 35.5. The Morgan fingerprint density at radius 3 is 2.62 bits per heavy atom. The standard InChI is InChI=1S/C11H20N2O2.ClH/c1-11(7-12,9-2-3-9)13-10(14)8-4-5-15-6-8;/h8-9H,2-7,12H2,1H3,(H,13,14);1H. The van der Waals surface area contributed by atoms with Crippen molar-refractivity contribution in [3.05, 3.63) is 0 Å². The Morgan fingerprint density at radius 2 is 2.19 bits per heavy atom. The summed E-state index contributed by atoms with van der Waals surface area (Å²) in [7, 11) is 0. The molecular weight excluding hydrogens is 228 g/mol. The van der Waals surface area contributed by atoms with E-state index in [2.05, 4.69) is 12.2 Å². The molecule has 1 saturated heterocycles. The lowest BCUT2D eigenvalue weighted by Crippen LogP contribution is -2.54.